The third-order valence-corrected chi connectivity index (χ3v) is 6.55. The van der Waals surface area contributed by atoms with Crippen molar-refractivity contribution in [1.82, 2.24) is 9.80 Å². The molecule has 0 aromatic carbocycles. The second-order valence-corrected chi connectivity index (χ2v) is 8.38. The lowest BCUT2D eigenvalue weighted by atomic mass is 10.2. The lowest BCUT2D eigenvalue weighted by molar-refractivity contribution is -0.117. The Morgan fingerprint density at radius 3 is 2.62 bits per heavy atom. The van der Waals surface area contributed by atoms with Crippen LogP contribution in [0.1, 0.15) is 47.3 Å². The summed E-state index contributed by atoms with van der Waals surface area (Å²) in [4.78, 5) is 30.1. The third-order valence-electron chi connectivity index (χ3n) is 5.41. The van der Waals surface area contributed by atoms with Gasteiger partial charge in [-0.15, -0.1) is 11.3 Å². The predicted molar refractivity (Wildman–Crippen MR) is 95.5 cm³/mol. The molecule has 6 heteroatoms. The molecule has 1 N–H and O–H groups in total. The largest absolute Gasteiger partial charge is 0.336 e. The Morgan fingerprint density at radius 1 is 1.17 bits per heavy atom. The van der Waals surface area contributed by atoms with E-state index in [9.17, 15) is 9.59 Å². The molecule has 0 bridgehead atoms. The SMILES string of the molecule is Cc1cc(NC(=O)C2CC2)sc1C(=O)N1CC[C@@H](N2CCCC2)C1. The van der Waals surface area contributed by atoms with Crippen molar-refractivity contribution in [2.75, 3.05) is 31.5 Å². The molecule has 3 heterocycles. The smallest absolute Gasteiger partial charge is 0.264 e. The van der Waals surface area contributed by atoms with E-state index in [0.29, 0.717) is 6.04 Å². The van der Waals surface area contributed by atoms with Crippen molar-refractivity contribution < 1.29 is 9.59 Å². The number of rotatable bonds is 4. The number of nitrogens with zero attached hydrogens (tertiary/aromatic N) is 2. The third kappa shape index (κ3) is 3.22. The van der Waals surface area contributed by atoms with Crippen LogP contribution in [0.5, 0.6) is 0 Å². The van der Waals surface area contributed by atoms with Crippen LogP contribution in [0.15, 0.2) is 6.07 Å². The number of hydrogen-bond donors (Lipinski definition) is 1. The Labute approximate surface area is 147 Å². The molecule has 4 rings (SSSR count). The fourth-order valence-corrected chi connectivity index (χ4v) is 4.84. The zero-order chi connectivity index (χ0) is 16.7. The summed E-state index contributed by atoms with van der Waals surface area (Å²) in [6.45, 7) is 6.02. The van der Waals surface area contributed by atoms with Gasteiger partial charge in [-0.2, -0.15) is 0 Å². The molecule has 1 saturated carbocycles. The number of amides is 2. The molecule has 2 saturated heterocycles. The first kappa shape index (κ1) is 16.1. The summed E-state index contributed by atoms with van der Waals surface area (Å²) >= 11 is 1.42. The Balaban J connectivity index is 1.40. The van der Waals surface area contributed by atoms with Gasteiger partial charge in [0.15, 0.2) is 0 Å². The average Bonchev–Trinajstić information content (AvgIpc) is 2.98. The quantitative estimate of drug-likeness (QED) is 0.911. The van der Waals surface area contributed by atoms with Gasteiger partial charge in [0.2, 0.25) is 5.91 Å². The van der Waals surface area contributed by atoms with E-state index in [2.05, 4.69) is 10.2 Å². The maximum atomic E-state index is 12.9. The lowest BCUT2D eigenvalue weighted by Crippen LogP contribution is -2.37. The number of hydrogen-bond acceptors (Lipinski definition) is 4. The first-order valence-corrected chi connectivity index (χ1v) is 9.88. The van der Waals surface area contributed by atoms with Crippen LogP contribution >= 0.6 is 11.3 Å². The minimum Gasteiger partial charge on any atom is -0.336 e. The highest BCUT2D eigenvalue weighted by Crippen LogP contribution is 2.33. The first-order chi connectivity index (χ1) is 11.6. The molecular weight excluding hydrogens is 322 g/mol. The molecule has 1 aromatic rings. The van der Waals surface area contributed by atoms with Gasteiger partial charge in [0.1, 0.15) is 0 Å². The molecule has 2 aliphatic heterocycles. The summed E-state index contributed by atoms with van der Waals surface area (Å²) in [5.41, 5.74) is 0.973. The topological polar surface area (TPSA) is 52.7 Å². The van der Waals surface area contributed by atoms with E-state index in [4.69, 9.17) is 0 Å². The Hall–Kier alpha value is -1.40. The maximum absolute atomic E-state index is 12.9. The van der Waals surface area contributed by atoms with Gasteiger partial charge in [0.05, 0.1) is 9.88 Å². The van der Waals surface area contributed by atoms with E-state index < -0.39 is 0 Å². The van der Waals surface area contributed by atoms with Crippen LogP contribution in [0.2, 0.25) is 0 Å². The van der Waals surface area contributed by atoms with Crippen molar-refractivity contribution >= 4 is 28.2 Å². The van der Waals surface area contributed by atoms with E-state index in [1.165, 1.54) is 37.3 Å². The van der Waals surface area contributed by atoms with Crippen molar-refractivity contribution in [1.29, 1.82) is 0 Å². The number of carbonyl (C=O) groups is 2. The maximum Gasteiger partial charge on any atom is 0.264 e. The van der Waals surface area contributed by atoms with Gasteiger partial charge in [-0.1, -0.05) is 0 Å². The summed E-state index contributed by atoms with van der Waals surface area (Å²) in [5, 5.41) is 3.77. The summed E-state index contributed by atoms with van der Waals surface area (Å²) < 4.78 is 0. The molecule has 0 spiro atoms. The van der Waals surface area contributed by atoms with Crippen LogP contribution in [-0.4, -0.2) is 53.8 Å². The Morgan fingerprint density at radius 2 is 1.92 bits per heavy atom. The van der Waals surface area contributed by atoms with E-state index in [-0.39, 0.29) is 17.7 Å². The van der Waals surface area contributed by atoms with Gasteiger partial charge in [-0.25, -0.2) is 0 Å². The minimum atomic E-state index is 0.102. The molecule has 1 atom stereocenters. The van der Waals surface area contributed by atoms with E-state index in [0.717, 1.165) is 47.8 Å². The van der Waals surface area contributed by atoms with E-state index >= 15 is 0 Å². The zero-order valence-electron chi connectivity index (χ0n) is 14.2. The average molecular weight is 347 g/mol. The van der Waals surface area contributed by atoms with Crippen molar-refractivity contribution in [3.63, 3.8) is 0 Å². The summed E-state index contributed by atoms with van der Waals surface area (Å²) in [5.74, 6) is 0.419. The van der Waals surface area contributed by atoms with E-state index in [1.807, 2.05) is 17.9 Å². The number of thiophene rings is 1. The second kappa shape index (κ2) is 6.48. The second-order valence-electron chi connectivity index (χ2n) is 7.32. The summed E-state index contributed by atoms with van der Waals surface area (Å²) in [6.07, 6.45) is 5.65. The van der Waals surface area contributed by atoms with Crippen LogP contribution in [0.4, 0.5) is 5.00 Å². The van der Waals surface area contributed by atoms with Crippen molar-refractivity contribution in [3.8, 4) is 0 Å². The van der Waals surface area contributed by atoms with Gasteiger partial charge in [-0.3, -0.25) is 14.5 Å². The predicted octanol–water partition coefficient (Wildman–Crippen LogP) is 2.72. The molecule has 2 amide bonds. The molecule has 3 aliphatic rings. The van der Waals surface area contributed by atoms with Gasteiger partial charge in [0, 0.05) is 25.0 Å². The van der Waals surface area contributed by atoms with Gasteiger partial charge in [0.25, 0.3) is 5.91 Å². The molecule has 24 heavy (non-hydrogen) atoms. The fraction of sp³-hybridized carbons (Fsp3) is 0.667. The van der Waals surface area contributed by atoms with Gasteiger partial charge in [-0.05, 0) is 63.7 Å². The number of likely N-dealkylation sites (tertiary alicyclic amines) is 2. The van der Waals surface area contributed by atoms with Gasteiger partial charge < -0.3 is 10.2 Å². The minimum absolute atomic E-state index is 0.102. The normalized spacial score (nSPS) is 24.5. The van der Waals surface area contributed by atoms with E-state index in [1.54, 1.807) is 0 Å². The Bertz CT molecular complexity index is 647. The molecular formula is C18H25N3O2S. The Kier molecular flexibility index (Phi) is 4.35. The highest BCUT2D eigenvalue weighted by molar-refractivity contribution is 7.18. The van der Waals surface area contributed by atoms with Crippen LogP contribution in [0, 0.1) is 12.8 Å². The highest BCUT2D eigenvalue weighted by atomic mass is 32.1. The summed E-state index contributed by atoms with van der Waals surface area (Å²) in [6, 6.07) is 2.47. The van der Waals surface area contributed by atoms with Gasteiger partial charge >= 0.3 is 0 Å². The standard InChI is InChI=1S/C18H25N3O2S/c1-12-10-15(19-17(22)13-4-5-13)24-16(12)18(23)21-9-6-14(11-21)20-7-2-3-8-20/h10,13-14H,2-9,11H2,1H3,(H,19,22)/t14-/m1/s1. The number of aryl methyl sites for hydroxylation is 1. The van der Waals surface area contributed by atoms with Crippen LogP contribution in [0.3, 0.4) is 0 Å². The monoisotopic (exact) mass is 347 g/mol. The fourth-order valence-electron chi connectivity index (χ4n) is 3.80. The van der Waals surface area contributed by atoms with Crippen LogP contribution < -0.4 is 5.32 Å². The van der Waals surface area contributed by atoms with Crippen LogP contribution in [0.25, 0.3) is 0 Å². The molecule has 5 nitrogen and oxygen atoms in total. The molecule has 1 aromatic heterocycles. The highest BCUT2D eigenvalue weighted by Gasteiger charge is 2.33. The first-order valence-electron chi connectivity index (χ1n) is 9.06. The molecule has 0 unspecified atom stereocenters. The molecule has 130 valence electrons. The molecule has 0 radical (unpaired) electrons. The molecule has 3 fully saturated rings. The lowest BCUT2D eigenvalue weighted by Gasteiger charge is -2.23. The number of nitrogens with one attached hydrogen (secondary N) is 1. The van der Waals surface area contributed by atoms with Crippen molar-refractivity contribution in [3.05, 3.63) is 16.5 Å². The number of anilines is 1. The summed E-state index contributed by atoms with van der Waals surface area (Å²) in [7, 11) is 0. The zero-order valence-corrected chi connectivity index (χ0v) is 15.0. The number of carbonyl (C=O) groups excluding carboxylic acids is 2. The molecule has 1 aliphatic carbocycles. The van der Waals surface area contributed by atoms with Crippen molar-refractivity contribution in [2.24, 2.45) is 5.92 Å². The van der Waals surface area contributed by atoms with Crippen LogP contribution in [-0.2, 0) is 4.79 Å². The van der Waals surface area contributed by atoms with Crippen molar-refractivity contribution in [2.45, 2.75) is 45.1 Å².